The maximum atomic E-state index is 12.1. The number of hydrogen-bond acceptors (Lipinski definition) is 3. The van der Waals surface area contributed by atoms with Crippen molar-refractivity contribution in [2.45, 2.75) is 38.0 Å². The van der Waals surface area contributed by atoms with Gasteiger partial charge >= 0.3 is 5.97 Å². The van der Waals surface area contributed by atoms with Crippen molar-refractivity contribution in [1.29, 1.82) is 0 Å². The fourth-order valence-electron chi connectivity index (χ4n) is 2.86. The van der Waals surface area contributed by atoms with E-state index in [9.17, 15) is 19.5 Å². The lowest BCUT2D eigenvalue weighted by Gasteiger charge is -2.24. The van der Waals surface area contributed by atoms with Crippen LogP contribution in [0.4, 0.5) is 0 Å². The number of likely N-dealkylation sites (tertiary alicyclic amines) is 1. The lowest BCUT2D eigenvalue weighted by atomic mass is 9.99. The Hall–Kier alpha value is -2.37. The first-order valence-corrected chi connectivity index (χ1v) is 8.40. The van der Waals surface area contributed by atoms with Gasteiger partial charge < -0.3 is 15.3 Å². The fraction of sp³-hybridized carbons (Fsp3) is 0.500. The normalized spacial score (nSPS) is 16.8. The summed E-state index contributed by atoms with van der Waals surface area (Å²) in [5.41, 5.74) is 0.646. The van der Waals surface area contributed by atoms with E-state index >= 15 is 0 Å². The highest BCUT2D eigenvalue weighted by atomic mass is 16.4. The molecule has 6 heteroatoms. The van der Waals surface area contributed by atoms with Crippen molar-refractivity contribution in [3.8, 4) is 0 Å². The number of carboxylic acids is 1. The molecule has 2 rings (SSSR count). The second-order valence-electron chi connectivity index (χ2n) is 6.09. The van der Waals surface area contributed by atoms with E-state index in [4.69, 9.17) is 0 Å². The smallest absolute Gasteiger partial charge is 0.312 e. The third kappa shape index (κ3) is 5.37. The quantitative estimate of drug-likeness (QED) is 0.831. The van der Waals surface area contributed by atoms with E-state index in [0.29, 0.717) is 18.5 Å². The Morgan fingerprint density at radius 3 is 2.54 bits per heavy atom. The average molecular weight is 332 g/mol. The number of benzene rings is 1. The van der Waals surface area contributed by atoms with Gasteiger partial charge in [0.2, 0.25) is 11.8 Å². The highest BCUT2D eigenvalue weighted by molar-refractivity contribution is 5.85. The molecule has 0 spiro atoms. The minimum atomic E-state index is -0.983. The molecule has 1 saturated heterocycles. The van der Waals surface area contributed by atoms with E-state index in [1.54, 1.807) is 29.2 Å². The molecule has 1 aromatic carbocycles. The van der Waals surface area contributed by atoms with Gasteiger partial charge in [0, 0.05) is 19.5 Å². The third-order valence-corrected chi connectivity index (χ3v) is 4.26. The van der Waals surface area contributed by atoms with Crippen LogP contribution >= 0.6 is 0 Å². The second-order valence-corrected chi connectivity index (χ2v) is 6.09. The molecule has 1 aromatic rings. The Balaban J connectivity index is 1.88. The van der Waals surface area contributed by atoms with Crippen LogP contribution in [-0.4, -0.2) is 47.4 Å². The first-order valence-electron chi connectivity index (χ1n) is 8.40. The Kier molecular flexibility index (Phi) is 6.78. The predicted molar refractivity (Wildman–Crippen MR) is 89.5 cm³/mol. The molecule has 1 fully saturated rings. The SMILES string of the molecule is O=C(CN1CCCCCCC1=O)NCC(C(=O)O)c1ccccc1. The lowest BCUT2D eigenvalue weighted by Crippen LogP contribution is -2.43. The highest BCUT2D eigenvalue weighted by Crippen LogP contribution is 2.15. The fourth-order valence-corrected chi connectivity index (χ4v) is 2.86. The highest BCUT2D eigenvalue weighted by Gasteiger charge is 2.22. The molecule has 1 aliphatic heterocycles. The largest absolute Gasteiger partial charge is 0.481 e. The minimum Gasteiger partial charge on any atom is -0.481 e. The zero-order valence-corrected chi connectivity index (χ0v) is 13.7. The average Bonchev–Trinajstić information content (AvgIpc) is 2.55. The van der Waals surface area contributed by atoms with E-state index in [1.165, 1.54) is 0 Å². The van der Waals surface area contributed by atoms with E-state index in [-0.39, 0.29) is 24.9 Å². The summed E-state index contributed by atoms with van der Waals surface area (Å²) in [6.45, 7) is 0.605. The Labute approximate surface area is 141 Å². The van der Waals surface area contributed by atoms with Crippen LogP contribution in [0.3, 0.4) is 0 Å². The lowest BCUT2D eigenvalue weighted by molar-refractivity contribution is -0.139. The van der Waals surface area contributed by atoms with Gasteiger partial charge in [-0.25, -0.2) is 0 Å². The molecule has 1 aliphatic rings. The summed E-state index contributed by atoms with van der Waals surface area (Å²) in [4.78, 5) is 37.1. The molecular formula is C18H24N2O4. The van der Waals surface area contributed by atoms with Crippen molar-refractivity contribution in [2.75, 3.05) is 19.6 Å². The van der Waals surface area contributed by atoms with Gasteiger partial charge in [0.15, 0.2) is 0 Å². The Bertz CT molecular complexity index is 574. The maximum absolute atomic E-state index is 12.1. The van der Waals surface area contributed by atoms with Crippen LogP contribution in [-0.2, 0) is 14.4 Å². The molecule has 24 heavy (non-hydrogen) atoms. The van der Waals surface area contributed by atoms with Crippen molar-refractivity contribution < 1.29 is 19.5 Å². The molecule has 0 aliphatic carbocycles. The molecule has 1 unspecified atom stereocenters. The molecule has 0 aromatic heterocycles. The Morgan fingerprint density at radius 1 is 1.12 bits per heavy atom. The minimum absolute atomic E-state index is 0.0000376. The van der Waals surface area contributed by atoms with Crippen LogP contribution in [0.2, 0.25) is 0 Å². The summed E-state index contributed by atoms with van der Waals surface area (Å²) in [6.07, 6.45) is 4.38. The van der Waals surface area contributed by atoms with Crippen LogP contribution in [0.25, 0.3) is 0 Å². The van der Waals surface area contributed by atoms with Gasteiger partial charge in [0.25, 0.3) is 0 Å². The number of carbonyl (C=O) groups is 3. The van der Waals surface area contributed by atoms with Gasteiger partial charge in [-0.1, -0.05) is 43.2 Å². The molecule has 6 nitrogen and oxygen atoms in total. The number of carboxylic acid groups (broad SMARTS) is 1. The van der Waals surface area contributed by atoms with E-state index in [0.717, 1.165) is 25.7 Å². The van der Waals surface area contributed by atoms with Crippen molar-refractivity contribution in [3.05, 3.63) is 35.9 Å². The van der Waals surface area contributed by atoms with Gasteiger partial charge in [-0.15, -0.1) is 0 Å². The van der Waals surface area contributed by atoms with E-state index < -0.39 is 11.9 Å². The number of nitrogens with zero attached hydrogens (tertiary/aromatic N) is 1. The van der Waals surface area contributed by atoms with E-state index in [1.807, 2.05) is 6.07 Å². The first-order chi connectivity index (χ1) is 11.6. The van der Waals surface area contributed by atoms with E-state index in [2.05, 4.69) is 5.32 Å². The standard InChI is InChI=1S/C18H24N2O4/c21-16(13-20-11-7-2-1-6-10-17(20)22)19-12-15(18(23)24)14-8-4-3-5-9-14/h3-5,8-9,15H,1-2,6-7,10-13H2,(H,19,21)(H,23,24). The number of rotatable bonds is 6. The topological polar surface area (TPSA) is 86.7 Å². The van der Waals surface area contributed by atoms with Crippen molar-refractivity contribution in [3.63, 3.8) is 0 Å². The summed E-state index contributed by atoms with van der Waals surface area (Å²) < 4.78 is 0. The van der Waals surface area contributed by atoms with Gasteiger partial charge in [-0.2, -0.15) is 0 Å². The van der Waals surface area contributed by atoms with Crippen LogP contribution in [0.5, 0.6) is 0 Å². The maximum Gasteiger partial charge on any atom is 0.312 e. The van der Waals surface area contributed by atoms with Gasteiger partial charge in [0.05, 0.1) is 12.5 Å². The summed E-state index contributed by atoms with van der Waals surface area (Å²) >= 11 is 0. The van der Waals surface area contributed by atoms with Gasteiger partial charge in [0.1, 0.15) is 0 Å². The first kappa shape index (κ1) is 18.0. The molecule has 2 N–H and O–H groups in total. The number of nitrogens with one attached hydrogen (secondary N) is 1. The molecular weight excluding hydrogens is 308 g/mol. The van der Waals surface area contributed by atoms with Crippen LogP contribution in [0.15, 0.2) is 30.3 Å². The summed E-state index contributed by atoms with van der Waals surface area (Å²) in [7, 11) is 0. The van der Waals surface area contributed by atoms with Crippen LogP contribution < -0.4 is 5.32 Å². The zero-order valence-electron chi connectivity index (χ0n) is 13.7. The molecule has 1 heterocycles. The monoisotopic (exact) mass is 332 g/mol. The molecule has 0 saturated carbocycles. The Morgan fingerprint density at radius 2 is 1.83 bits per heavy atom. The van der Waals surface area contributed by atoms with Crippen molar-refractivity contribution in [1.82, 2.24) is 10.2 Å². The molecule has 0 radical (unpaired) electrons. The molecule has 0 bridgehead atoms. The van der Waals surface area contributed by atoms with Crippen molar-refractivity contribution >= 4 is 17.8 Å². The van der Waals surface area contributed by atoms with Crippen LogP contribution in [0, 0.1) is 0 Å². The number of carbonyl (C=O) groups excluding carboxylic acids is 2. The summed E-state index contributed by atoms with van der Waals surface area (Å²) in [5, 5.41) is 12.0. The van der Waals surface area contributed by atoms with Crippen molar-refractivity contribution in [2.24, 2.45) is 0 Å². The molecule has 1 atom stereocenters. The van der Waals surface area contributed by atoms with Gasteiger partial charge in [-0.05, 0) is 18.4 Å². The second kappa shape index (κ2) is 9.05. The number of hydrogen-bond donors (Lipinski definition) is 2. The summed E-state index contributed by atoms with van der Waals surface area (Å²) in [6, 6.07) is 8.81. The van der Waals surface area contributed by atoms with Gasteiger partial charge in [-0.3, -0.25) is 14.4 Å². The summed E-state index contributed by atoms with van der Waals surface area (Å²) in [5.74, 6) is -2.09. The number of aliphatic carboxylic acids is 1. The zero-order chi connectivity index (χ0) is 17.4. The number of amides is 2. The third-order valence-electron chi connectivity index (χ3n) is 4.26. The molecule has 2 amide bonds. The predicted octanol–water partition coefficient (Wildman–Crippen LogP) is 1.76. The molecule has 130 valence electrons. The van der Waals surface area contributed by atoms with Crippen LogP contribution in [0.1, 0.15) is 43.6 Å².